The van der Waals surface area contributed by atoms with Crippen molar-refractivity contribution in [2.75, 3.05) is 26.3 Å². The van der Waals surface area contributed by atoms with Crippen LogP contribution in [0.4, 0.5) is 0 Å². The Balaban J connectivity index is 0.00000163. The zero-order chi connectivity index (χ0) is 27.7. The fourth-order valence-electron chi connectivity index (χ4n) is 3.97. The number of carboxylic acids is 1. The molecule has 0 aliphatic carbocycles. The maximum Gasteiger partial charge on any atom is 0.306 e. The van der Waals surface area contributed by atoms with Crippen molar-refractivity contribution in [3.8, 4) is 11.5 Å². The van der Waals surface area contributed by atoms with E-state index in [0.29, 0.717) is 44.9 Å². The number of hydrogen-bond donors (Lipinski definition) is 5. The van der Waals surface area contributed by atoms with E-state index in [2.05, 4.69) is 18.7 Å². The van der Waals surface area contributed by atoms with E-state index < -0.39 is 27.1 Å². The monoisotopic (exact) mass is 541 g/mol. The third kappa shape index (κ3) is 10.3. The first-order valence-electron chi connectivity index (χ1n) is 12.0. The van der Waals surface area contributed by atoms with Gasteiger partial charge in [0.05, 0.1) is 24.0 Å². The Hall–Kier alpha value is -2.74. The second kappa shape index (κ2) is 17.7. The van der Waals surface area contributed by atoms with E-state index in [1.165, 1.54) is 0 Å². The molecule has 208 valence electrons. The highest BCUT2D eigenvalue weighted by molar-refractivity contribution is 7.92. The second-order valence-corrected chi connectivity index (χ2v) is 10.4. The van der Waals surface area contributed by atoms with E-state index in [-0.39, 0.29) is 11.3 Å². The molecule has 2 aromatic carbocycles. The molecule has 1 aliphatic rings. The van der Waals surface area contributed by atoms with Crippen molar-refractivity contribution in [3.63, 3.8) is 0 Å². The lowest BCUT2D eigenvalue weighted by atomic mass is 9.97. The summed E-state index contributed by atoms with van der Waals surface area (Å²) in [4.78, 5) is 13.7. The molecule has 1 saturated heterocycles. The smallest absolute Gasteiger partial charge is 0.306 e. The fourth-order valence-corrected chi connectivity index (χ4v) is 5.89. The lowest BCUT2D eigenvalue weighted by Crippen LogP contribution is -2.48. The summed E-state index contributed by atoms with van der Waals surface area (Å²) in [6, 6.07) is 15.9. The first kappa shape index (κ1) is 32.3. The summed E-state index contributed by atoms with van der Waals surface area (Å²) in [7, 11) is -3.74. The number of unbranched alkanes of at least 4 members (excludes halogenated alkanes) is 1. The Bertz CT molecular complexity index is 991. The summed E-state index contributed by atoms with van der Waals surface area (Å²) in [5, 5.41) is 21.6. The van der Waals surface area contributed by atoms with E-state index in [0.717, 1.165) is 18.6 Å². The van der Waals surface area contributed by atoms with Gasteiger partial charge in [0.1, 0.15) is 16.9 Å². The summed E-state index contributed by atoms with van der Waals surface area (Å²) < 4.78 is 38.3. The van der Waals surface area contributed by atoms with Crippen LogP contribution in [-0.4, -0.2) is 66.5 Å². The van der Waals surface area contributed by atoms with Crippen LogP contribution in [0, 0.1) is 5.92 Å². The molecule has 0 bridgehead atoms. The molecule has 2 unspecified atom stereocenters. The number of sulfone groups is 1. The Morgan fingerprint density at radius 2 is 1.51 bits per heavy atom. The van der Waals surface area contributed by atoms with Crippen molar-refractivity contribution in [2.45, 2.75) is 49.3 Å². The average Bonchev–Trinajstić information content (AvgIpc) is 2.94. The van der Waals surface area contributed by atoms with Gasteiger partial charge in [0.15, 0.2) is 9.84 Å². The minimum absolute atomic E-state index is 0.0754. The lowest BCUT2D eigenvalue weighted by Gasteiger charge is -2.37. The Labute approximate surface area is 218 Å². The molecule has 0 spiro atoms. The molecule has 1 fully saturated rings. The van der Waals surface area contributed by atoms with Gasteiger partial charge in [-0.2, -0.15) is 0 Å². The molecule has 0 radical (unpaired) electrons. The van der Waals surface area contributed by atoms with Gasteiger partial charge < -0.3 is 25.0 Å². The third-order valence-electron chi connectivity index (χ3n) is 5.89. The third-order valence-corrected chi connectivity index (χ3v) is 8.02. The number of rotatable bonds is 12. The molecular formula is C25H39N3O8S. The number of likely N-dealkylation sites (tertiary alicyclic amines) is 1. The molecule has 1 aliphatic heterocycles. The number of carboxylic acid groups (broad SMARTS) is 1. The molecule has 3 rings (SSSR count). The van der Waals surface area contributed by atoms with Crippen molar-refractivity contribution in [1.29, 1.82) is 0 Å². The van der Waals surface area contributed by atoms with Crippen LogP contribution >= 0.6 is 0 Å². The topological polar surface area (TPSA) is 186 Å². The number of nitrogens with two attached hydrogens (primary N) is 2. The minimum Gasteiger partial charge on any atom is -0.494 e. The summed E-state index contributed by atoms with van der Waals surface area (Å²) >= 11 is 0. The number of aliphatic carboxylic acids is 1. The molecule has 12 heteroatoms. The predicted octanol–water partition coefficient (Wildman–Crippen LogP) is 2.90. The fraction of sp³-hybridized carbons (Fsp3) is 0.480. The Kier molecular flexibility index (Phi) is 15.4. The maximum atomic E-state index is 13.5. The number of hydrogen-bond acceptors (Lipinski definition) is 10. The number of nitrogens with zero attached hydrogens (tertiary/aromatic N) is 1. The van der Waals surface area contributed by atoms with Crippen molar-refractivity contribution >= 4 is 15.8 Å². The number of para-hydroxylation sites is 1. The van der Waals surface area contributed by atoms with Crippen LogP contribution in [0.3, 0.4) is 0 Å². The van der Waals surface area contributed by atoms with Gasteiger partial charge in [-0.3, -0.25) is 9.69 Å². The van der Waals surface area contributed by atoms with Crippen LogP contribution in [0.2, 0.25) is 0 Å². The van der Waals surface area contributed by atoms with E-state index in [1.54, 1.807) is 24.3 Å². The summed E-state index contributed by atoms with van der Waals surface area (Å²) in [5.74, 6) is 6.79. The van der Waals surface area contributed by atoms with Crippen LogP contribution in [0.25, 0.3) is 0 Å². The zero-order valence-electron chi connectivity index (χ0n) is 21.1. The van der Waals surface area contributed by atoms with Gasteiger partial charge >= 0.3 is 5.97 Å². The van der Waals surface area contributed by atoms with Gasteiger partial charge in [0.2, 0.25) is 0 Å². The van der Waals surface area contributed by atoms with E-state index in [4.69, 9.17) is 19.9 Å². The van der Waals surface area contributed by atoms with Crippen LogP contribution in [0.15, 0.2) is 59.5 Å². The molecule has 11 nitrogen and oxygen atoms in total. The highest BCUT2D eigenvalue weighted by Gasteiger charge is 2.40. The molecule has 0 amide bonds. The molecule has 0 aromatic heterocycles. The van der Waals surface area contributed by atoms with Crippen molar-refractivity contribution in [3.05, 3.63) is 54.6 Å². The van der Waals surface area contributed by atoms with Gasteiger partial charge in [-0.15, -0.1) is 0 Å². The van der Waals surface area contributed by atoms with Crippen molar-refractivity contribution in [1.82, 2.24) is 4.90 Å². The normalized spacial score (nSPS) is 17.4. The molecule has 37 heavy (non-hydrogen) atoms. The lowest BCUT2D eigenvalue weighted by molar-refractivity contribution is -0.143. The number of benzene rings is 2. The summed E-state index contributed by atoms with van der Waals surface area (Å²) in [6.07, 6.45) is 3.10. The predicted molar refractivity (Wildman–Crippen MR) is 138 cm³/mol. The van der Waals surface area contributed by atoms with Gasteiger partial charge in [-0.25, -0.2) is 20.2 Å². The largest absolute Gasteiger partial charge is 0.494 e. The van der Waals surface area contributed by atoms with Gasteiger partial charge in [0, 0.05) is 13.1 Å². The summed E-state index contributed by atoms with van der Waals surface area (Å²) in [5.41, 5.74) is 0. The molecular weight excluding hydrogens is 502 g/mol. The molecule has 0 saturated carbocycles. The molecule has 2 atom stereocenters. The molecule has 1 heterocycles. The highest BCUT2D eigenvalue weighted by atomic mass is 32.2. The van der Waals surface area contributed by atoms with Crippen LogP contribution in [0.5, 0.6) is 11.5 Å². The molecule has 7 N–H and O–H groups in total. The van der Waals surface area contributed by atoms with Gasteiger partial charge in [0.25, 0.3) is 0 Å². The van der Waals surface area contributed by atoms with Crippen molar-refractivity contribution in [2.24, 2.45) is 17.7 Å². The van der Waals surface area contributed by atoms with E-state index in [1.807, 2.05) is 35.2 Å². The second-order valence-electron chi connectivity index (χ2n) is 8.28. The zero-order valence-corrected chi connectivity index (χ0v) is 21.9. The number of carbonyl (C=O) groups is 1. The van der Waals surface area contributed by atoms with Crippen LogP contribution < -0.4 is 21.3 Å². The average molecular weight is 542 g/mol. The van der Waals surface area contributed by atoms with E-state index >= 15 is 0 Å². The Morgan fingerprint density at radius 1 is 0.946 bits per heavy atom. The number of piperidine rings is 1. The first-order chi connectivity index (χ1) is 17.9. The minimum atomic E-state index is -3.74. The van der Waals surface area contributed by atoms with Gasteiger partial charge in [-0.1, -0.05) is 31.5 Å². The highest BCUT2D eigenvalue weighted by Crippen LogP contribution is 2.31. The van der Waals surface area contributed by atoms with Crippen molar-refractivity contribution < 1.29 is 38.2 Å². The molecule has 2 aromatic rings. The summed E-state index contributed by atoms with van der Waals surface area (Å²) in [6.45, 7) is 4.06. The maximum absolute atomic E-state index is 13.5. The quantitative estimate of drug-likeness (QED) is 0.196. The number of ether oxygens (including phenoxy) is 2. The SMILES string of the molecule is CCCCOc1ccc(S(=O)(=O)C2CC(C(=O)O)CCN2CCCOc2ccccc2)cc1.NO.NO. The Morgan fingerprint density at radius 3 is 2.08 bits per heavy atom. The first-order valence-corrected chi connectivity index (χ1v) is 13.6. The van der Waals surface area contributed by atoms with Crippen LogP contribution in [-0.2, 0) is 14.6 Å². The van der Waals surface area contributed by atoms with Crippen LogP contribution in [0.1, 0.15) is 39.0 Å². The van der Waals surface area contributed by atoms with Gasteiger partial charge in [-0.05, 0) is 62.1 Å². The standard InChI is InChI=1S/C25H33NO6S.2H3NO/c1-2-3-17-31-22-10-12-23(13-11-22)33(29,30)24-19-20(25(27)28)14-16-26(24)15-7-18-32-21-8-5-4-6-9-21;2*1-2/h4-6,8-13,20,24H,2-3,7,14-19H2,1H3,(H,27,28);2*2H,1H2. The van der Waals surface area contributed by atoms with E-state index in [9.17, 15) is 18.3 Å².